The molecule has 0 radical (unpaired) electrons. The van der Waals surface area contributed by atoms with Crippen LogP contribution >= 0.6 is 0 Å². The highest BCUT2D eigenvalue weighted by atomic mass is 16.6. The molecule has 5 heteroatoms. The Balaban J connectivity index is 2.67. The van der Waals surface area contributed by atoms with Crippen molar-refractivity contribution in [3.05, 3.63) is 0 Å². The van der Waals surface area contributed by atoms with Crippen LogP contribution < -0.4 is 5.32 Å². The summed E-state index contributed by atoms with van der Waals surface area (Å²) in [4.78, 5) is 24.4. The zero-order valence-electron chi connectivity index (χ0n) is 13.4. The molecule has 2 unspecified atom stereocenters. The summed E-state index contributed by atoms with van der Waals surface area (Å²) in [5.74, 6) is -0.474. The molecule has 1 aliphatic heterocycles. The standard InChI is InChI=1S/C15H27NO4/c1-9(2)11(14(18)20-15(4,5)6)16-13(17)12-10(3)7-8-19-12/h9-12H,7-8H2,1-6H3,(H,16,17)/t10?,11-,12?/m1/s1. The van der Waals surface area contributed by atoms with Gasteiger partial charge in [0.1, 0.15) is 17.7 Å². The Hall–Kier alpha value is -1.10. The van der Waals surface area contributed by atoms with Crippen LogP contribution in [0.2, 0.25) is 0 Å². The van der Waals surface area contributed by atoms with Gasteiger partial charge in [0, 0.05) is 6.61 Å². The van der Waals surface area contributed by atoms with E-state index in [1.54, 1.807) is 0 Å². The summed E-state index contributed by atoms with van der Waals surface area (Å²) in [7, 11) is 0. The molecule has 1 fully saturated rings. The van der Waals surface area contributed by atoms with Gasteiger partial charge in [0.2, 0.25) is 5.91 Å². The quantitative estimate of drug-likeness (QED) is 0.801. The van der Waals surface area contributed by atoms with Crippen LogP contribution in [0, 0.1) is 11.8 Å². The second kappa shape index (κ2) is 6.57. The summed E-state index contributed by atoms with van der Waals surface area (Å²) < 4.78 is 10.8. The van der Waals surface area contributed by atoms with Gasteiger partial charge in [-0.2, -0.15) is 0 Å². The number of nitrogens with one attached hydrogen (secondary N) is 1. The van der Waals surface area contributed by atoms with E-state index in [4.69, 9.17) is 9.47 Å². The molecule has 0 aromatic rings. The van der Waals surface area contributed by atoms with Crippen LogP contribution in [-0.2, 0) is 19.1 Å². The Morgan fingerprint density at radius 1 is 1.30 bits per heavy atom. The lowest BCUT2D eigenvalue weighted by Crippen LogP contribution is -2.51. The number of esters is 1. The van der Waals surface area contributed by atoms with Crippen molar-refractivity contribution < 1.29 is 19.1 Å². The van der Waals surface area contributed by atoms with Crippen molar-refractivity contribution in [2.75, 3.05) is 6.61 Å². The largest absolute Gasteiger partial charge is 0.458 e. The lowest BCUT2D eigenvalue weighted by molar-refractivity contribution is -0.160. The van der Waals surface area contributed by atoms with Crippen molar-refractivity contribution in [2.45, 2.75) is 65.7 Å². The fourth-order valence-corrected chi connectivity index (χ4v) is 2.13. The van der Waals surface area contributed by atoms with Crippen LogP contribution in [0.4, 0.5) is 0 Å². The topological polar surface area (TPSA) is 64.6 Å². The zero-order valence-corrected chi connectivity index (χ0v) is 13.4. The number of ether oxygens (including phenoxy) is 2. The molecular formula is C15H27NO4. The molecule has 1 aliphatic rings. The SMILES string of the molecule is CC1CCOC1C(=O)N[C@@H](C(=O)OC(C)(C)C)C(C)C. The summed E-state index contributed by atoms with van der Waals surface area (Å²) in [5, 5.41) is 2.77. The van der Waals surface area contributed by atoms with Gasteiger partial charge in [0.05, 0.1) is 0 Å². The number of hydrogen-bond acceptors (Lipinski definition) is 4. The predicted octanol–water partition coefficient (Wildman–Crippen LogP) is 1.89. The minimum atomic E-state index is -0.641. The Kier molecular flexibility index (Phi) is 5.57. The normalized spacial score (nSPS) is 24.6. The molecular weight excluding hydrogens is 258 g/mol. The van der Waals surface area contributed by atoms with E-state index in [0.29, 0.717) is 6.61 Å². The first-order valence-corrected chi connectivity index (χ1v) is 7.26. The van der Waals surface area contributed by atoms with Crippen LogP contribution in [0.1, 0.15) is 48.0 Å². The molecule has 20 heavy (non-hydrogen) atoms. The van der Waals surface area contributed by atoms with E-state index in [-0.39, 0.29) is 17.7 Å². The molecule has 0 spiro atoms. The molecule has 0 bridgehead atoms. The summed E-state index contributed by atoms with van der Waals surface area (Å²) >= 11 is 0. The highest BCUT2D eigenvalue weighted by Crippen LogP contribution is 2.21. The van der Waals surface area contributed by atoms with Gasteiger partial charge in [-0.15, -0.1) is 0 Å². The maximum Gasteiger partial charge on any atom is 0.329 e. The minimum Gasteiger partial charge on any atom is -0.458 e. The fraction of sp³-hybridized carbons (Fsp3) is 0.867. The molecule has 0 aromatic carbocycles. The second-order valence-electron chi connectivity index (χ2n) is 6.82. The van der Waals surface area contributed by atoms with E-state index in [2.05, 4.69) is 5.32 Å². The second-order valence-corrected chi connectivity index (χ2v) is 6.82. The first kappa shape index (κ1) is 17.0. The van der Waals surface area contributed by atoms with Crippen LogP contribution in [0.5, 0.6) is 0 Å². The van der Waals surface area contributed by atoms with Crippen LogP contribution in [0.25, 0.3) is 0 Å². The van der Waals surface area contributed by atoms with Crippen molar-refractivity contribution in [1.29, 1.82) is 0 Å². The lowest BCUT2D eigenvalue weighted by atomic mass is 10.0. The van der Waals surface area contributed by atoms with Crippen molar-refractivity contribution in [3.63, 3.8) is 0 Å². The third kappa shape index (κ3) is 4.78. The monoisotopic (exact) mass is 285 g/mol. The average molecular weight is 285 g/mol. The first-order valence-electron chi connectivity index (χ1n) is 7.26. The Morgan fingerprint density at radius 2 is 1.90 bits per heavy atom. The van der Waals surface area contributed by atoms with Gasteiger partial charge in [-0.3, -0.25) is 4.79 Å². The van der Waals surface area contributed by atoms with Crippen molar-refractivity contribution >= 4 is 11.9 Å². The van der Waals surface area contributed by atoms with Gasteiger partial charge >= 0.3 is 5.97 Å². The van der Waals surface area contributed by atoms with Crippen LogP contribution in [0.15, 0.2) is 0 Å². The van der Waals surface area contributed by atoms with Crippen molar-refractivity contribution in [1.82, 2.24) is 5.32 Å². The fourth-order valence-electron chi connectivity index (χ4n) is 2.13. The van der Waals surface area contributed by atoms with Gasteiger partial charge in [-0.1, -0.05) is 20.8 Å². The maximum absolute atomic E-state index is 12.2. The third-order valence-corrected chi connectivity index (χ3v) is 3.27. The molecule has 1 saturated heterocycles. The molecule has 0 aliphatic carbocycles. The van der Waals surface area contributed by atoms with E-state index in [1.807, 2.05) is 41.5 Å². The minimum absolute atomic E-state index is 0.0366. The molecule has 1 amide bonds. The summed E-state index contributed by atoms with van der Waals surface area (Å²) in [5.41, 5.74) is -0.563. The van der Waals surface area contributed by atoms with Crippen LogP contribution in [-0.4, -0.2) is 36.2 Å². The van der Waals surface area contributed by atoms with E-state index in [0.717, 1.165) is 6.42 Å². The van der Waals surface area contributed by atoms with Gasteiger partial charge < -0.3 is 14.8 Å². The van der Waals surface area contributed by atoms with Gasteiger partial charge in [-0.25, -0.2) is 4.79 Å². The Labute approximate surface area is 121 Å². The molecule has 116 valence electrons. The summed E-state index contributed by atoms with van der Waals surface area (Å²) in [6.45, 7) is 11.8. The summed E-state index contributed by atoms with van der Waals surface area (Å²) in [6, 6.07) is -0.641. The van der Waals surface area contributed by atoms with Crippen molar-refractivity contribution in [2.24, 2.45) is 11.8 Å². The van der Waals surface area contributed by atoms with Crippen LogP contribution in [0.3, 0.4) is 0 Å². The Bertz CT molecular complexity index is 359. The smallest absolute Gasteiger partial charge is 0.329 e. The maximum atomic E-state index is 12.2. The van der Waals surface area contributed by atoms with Gasteiger partial charge in [0.15, 0.2) is 0 Å². The number of rotatable bonds is 4. The molecule has 1 heterocycles. The summed E-state index contributed by atoms with van der Waals surface area (Å²) in [6.07, 6.45) is 0.412. The number of carbonyl (C=O) groups is 2. The molecule has 1 rings (SSSR count). The lowest BCUT2D eigenvalue weighted by Gasteiger charge is -2.27. The Morgan fingerprint density at radius 3 is 2.30 bits per heavy atom. The molecule has 5 nitrogen and oxygen atoms in total. The number of hydrogen-bond donors (Lipinski definition) is 1. The molecule has 0 aromatic heterocycles. The number of amides is 1. The highest BCUT2D eigenvalue weighted by Gasteiger charge is 2.35. The van der Waals surface area contributed by atoms with Crippen molar-refractivity contribution in [3.8, 4) is 0 Å². The average Bonchev–Trinajstić information content (AvgIpc) is 2.69. The van der Waals surface area contributed by atoms with E-state index < -0.39 is 23.7 Å². The van der Waals surface area contributed by atoms with E-state index >= 15 is 0 Å². The van der Waals surface area contributed by atoms with Gasteiger partial charge in [0.25, 0.3) is 0 Å². The zero-order chi connectivity index (χ0) is 15.5. The molecule has 3 atom stereocenters. The molecule has 1 N–H and O–H groups in total. The van der Waals surface area contributed by atoms with E-state index in [9.17, 15) is 9.59 Å². The van der Waals surface area contributed by atoms with E-state index in [1.165, 1.54) is 0 Å². The predicted molar refractivity (Wildman–Crippen MR) is 76.1 cm³/mol. The third-order valence-electron chi connectivity index (χ3n) is 3.27. The molecule has 0 saturated carbocycles. The highest BCUT2D eigenvalue weighted by molar-refractivity contribution is 5.87. The van der Waals surface area contributed by atoms with Gasteiger partial charge in [-0.05, 0) is 39.0 Å². The first-order chi connectivity index (χ1) is 9.11. The number of carbonyl (C=O) groups excluding carboxylic acids is 2.